The number of hydrogen-bond acceptors (Lipinski definition) is 8. The first kappa shape index (κ1) is 29.3. The number of pyridine rings is 1. The van der Waals surface area contributed by atoms with Gasteiger partial charge in [-0.25, -0.2) is 19.7 Å². The molecule has 0 aliphatic rings. The van der Waals surface area contributed by atoms with Gasteiger partial charge in [-0.2, -0.15) is 0 Å². The summed E-state index contributed by atoms with van der Waals surface area (Å²) < 4.78 is 0. The van der Waals surface area contributed by atoms with Gasteiger partial charge in [-0.05, 0) is 78.7 Å². The van der Waals surface area contributed by atoms with E-state index in [-0.39, 0.29) is 11.8 Å². The fraction of sp³-hybridized carbons (Fsp3) is 0.156. The van der Waals surface area contributed by atoms with E-state index in [4.69, 9.17) is 10.1 Å². The molecule has 5 aromatic rings. The van der Waals surface area contributed by atoms with Crippen molar-refractivity contribution in [1.29, 1.82) is 0 Å². The number of fused-ring (bicyclic) bond motifs is 1. The number of nitrogens with zero attached hydrogens (tertiary/aromatic N) is 4. The molecule has 43 heavy (non-hydrogen) atoms. The third-order valence-corrected chi connectivity index (χ3v) is 7.64. The van der Waals surface area contributed by atoms with Crippen molar-refractivity contribution in [3.8, 4) is 0 Å². The van der Waals surface area contributed by atoms with Crippen LogP contribution in [0.3, 0.4) is 0 Å². The predicted octanol–water partition coefficient (Wildman–Crippen LogP) is 7.45. The van der Waals surface area contributed by atoms with Crippen molar-refractivity contribution in [2.75, 3.05) is 34.9 Å². The number of carbonyl (C=O) groups excluding carboxylic acids is 1. The Hall–Kier alpha value is -5.16. The molecule has 0 unspecified atom stereocenters. The van der Waals surface area contributed by atoms with Gasteiger partial charge in [0, 0.05) is 52.2 Å². The summed E-state index contributed by atoms with van der Waals surface area (Å²) >= 11 is 1.49. The fourth-order valence-electron chi connectivity index (χ4n) is 4.29. The van der Waals surface area contributed by atoms with Gasteiger partial charge in [0.2, 0.25) is 0 Å². The zero-order valence-corrected chi connectivity index (χ0v) is 24.9. The molecule has 3 aromatic carbocycles. The molecule has 0 radical (unpaired) electrons. The molecule has 0 bridgehead atoms. The Morgan fingerprint density at radius 2 is 1.65 bits per heavy atom. The van der Waals surface area contributed by atoms with Crippen LogP contribution in [-0.2, 0) is 0 Å². The SMILES string of the molecule is CC(C)c1ccc2c(Nc3cc(NC(=O)c4cccc(N(C)C)c4)ccc3Sc3ccc(NC(=O)O)cc3)ncnc2n1. The number of hydrogen-bond donors (Lipinski definition) is 4. The van der Waals surface area contributed by atoms with Crippen LogP contribution in [0.15, 0.2) is 95.0 Å². The lowest BCUT2D eigenvalue weighted by atomic mass is 10.1. The summed E-state index contributed by atoms with van der Waals surface area (Å²) in [5.74, 6) is 0.613. The summed E-state index contributed by atoms with van der Waals surface area (Å²) in [6.07, 6.45) is 0.358. The summed E-state index contributed by atoms with van der Waals surface area (Å²) in [6, 6.07) is 24.1. The van der Waals surface area contributed by atoms with Gasteiger partial charge in [0.15, 0.2) is 5.65 Å². The molecule has 218 valence electrons. The smallest absolute Gasteiger partial charge is 0.409 e. The van der Waals surface area contributed by atoms with Crippen LogP contribution in [0.4, 0.5) is 33.4 Å². The second kappa shape index (κ2) is 12.8. The lowest BCUT2D eigenvalue weighted by Gasteiger charge is -2.16. The van der Waals surface area contributed by atoms with Gasteiger partial charge in [0.25, 0.3) is 5.91 Å². The minimum absolute atomic E-state index is 0.227. The van der Waals surface area contributed by atoms with Crippen molar-refractivity contribution in [3.05, 3.63) is 96.4 Å². The monoisotopic (exact) mass is 593 g/mol. The number of benzene rings is 3. The third-order valence-electron chi connectivity index (χ3n) is 6.56. The van der Waals surface area contributed by atoms with Crippen molar-refractivity contribution in [2.24, 2.45) is 0 Å². The normalized spacial score (nSPS) is 10.9. The van der Waals surface area contributed by atoms with Crippen LogP contribution in [0.1, 0.15) is 35.8 Å². The maximum atomic E-state index is 13.2. The van der Waals surface area contributed by atoms with Crippen molar-refractivity contribution in [2.45, 2.75) is 29.6 Å². The Balaban J connectivity index is 1.48. The van der Waals surface area contributed by atoms with Gasteiger partial charge < -0.3 is 20.6 Å². The summed E-state index contributed by atoms with van der Waals surface area (Å²) in [5.41, 5.74) is 4.80. The molecule has 0 saturated heterocycles. The number of carbonyl (C=O) groups is 2. The molecule has 0 atom stereocenters. The zero-order chi connectivity index (χ0) is 30.5. The maximum absolute atomic E-state index is 13.2. The van der Waals surface area contributed by atoms with Gasteiger partial charge in [-0.1, -0.05) is 31.7 Å². The van der Waals surface area contributed by atoms with Crippen molar-refractivity contribution in [1.82, 2.24) is 15.0 Å². The van der Waals surface area contributed by atoms with Crippen LogP contribution in [-0.4, -0.2) is 46.2 Å². The molecule has 10 nitrogen and oxygen atoms in total. The Labute approximate surface area is 253 Å². The van der Waals surface area contributed by atoms with E-state index in [2.05, 4.69) is 39.8 Å². The molecule has 11 heteroatoms. The van der Waals surface area contributed by atoms with Crippen LogP contribution in [0.25, 0.3) is 11.0 Å². The maximum Gasteiger partial charge on any atom is 0.409 e. The first-order valence-electron chi connectivity index (χ1n) is 13.6. The lowest BCUT2D eigenvalue weighted by Crippen LogP contribution is -2.14. The highest BCUT2D eigenvalue weighted by Crippen LogP contribution is 2.38. The fourth-order valence-corrected chi connectivity index (χ4v) is 5.17. The summed E-state index contributed by atoms with van der Waals surface area (Å²) in [7, 11) is 3.86. The summed E-state index contributed by atoms with van der Waals surface area (Å²) in [6.45, 7) is 4.16. The number of amides is 2. The van der Waals surface area contributed by atoms with Gasteiger partial charge in [-0.3, -0.25) is 10.1 Å². The summed E-state index contributed by atoms with van der Waals surface area (Å²) in [5, 5.41) is 18.6. The topological polar surface area (TPSA) is 132 Å². The Morgan fingerprint density at radius 1 is 0.884 bits per heavy atom. The van der Waals surface area contributed by atoms with Crippen molar-refractivity contribution < 1.29 is 14.7 Å². The average Bonchev–Trinajstić information content (AvgIpc) is 2.99. The van der Waals surface area contributed by atoms with E-state index < -0.39 is 6.09 Å². The van der Waals surface area contributed by atoms with Crippen LogP contribution >= 0.6 is 11.8 Å². The molecule has 2 amide bonds. The minimum Gasteiger partial charge on any atom is -0.465 e. The van der Waals surface area contributed by atoms with Gasteiger partial charge in [-0.15, -0.1) is 0 Å². The standard InChI is InChI=1S/C32H31N7O3S/c1-19(2)26-14-13-25-29(37-26)33-18-34-30(25)38-27-17-22(35-31(40)20-6-5-7-23(16-20)39(3)4)10-15-28(27)43-24-11-8-21(9-12-24)36-32(41)42/h5-19,36H,1-4H3,(H,35,40)(H,41,42)(H,33,34,37,38). The van der Waals surface area contributed by atoms with E-state index in [9.17, 15) is 9.59 Å². The minimum atomic E-state index is -1.12. The second-order valence-electron chi connectivity index (χ2n) is 10.3. The van der Waals surface area contributed by atoms with Crippen molar-refractivity contribution in [3.63, 3.8) is 0 Å². The molecule has 0 saturated carbocycles. The van der Waals surface area contributed by atoms with E-state index >= 15 is 0 Å². The highest BCUT2D eigenvalue weighted by atomic mass is 32.2. The molecule has 0 aliphatic carbocycles. The van der Waals surface area contributed by atoms with Crippen LogP contribution in [0.2, 0.25) is 0 Å². The summed E-state index contributed by atoms with van der Waals surface area (Å²) in [4.78, 5) is 41.4. The highest BCUT2D eigenvalue weighted by molar-refractivity contribution is 7.99. The quantitative estimate of drug-likeness (QED) is 0.137. The number of anilines is 5. The average molecular weight is 594 g/mol. The molecule has 5 rings (SSSR count). The highest BCUT2D eigenvalue weighted by Gasteiger charge is 2.14. The molecular formula is C32H31N7O3S. The number of nitrogens with one attached hydrogen (secondary N) is 3. The molecular weight excluding hydrogens is 562 g/mol. The number of aromatic nitrogens is 3. The van der Waals surface area contributed by atoms with Crippen LogP contribution in [0.5, 0.6) is 0 Å². The van der Waals surface area contributed by atoms with E-state index in [1.165, 1.54) is 18.1 Å². The zero-order valence-electron chi connectivity index (χ0n) is 24.1. The molecule has 0 fully saturated rings. The van der Waals surface area contributed by atoms with Gasteiger partial charge in [0.05, 0.1) is 11.1 Å². The van der Waals surface area contributed by atoms with Crippen LogP contribution < -0.4 is 20.9 Å². The van der Waals surface area contributed by atoms with Gasteiger partial charge >= 0.3 is 6.09 Å². The Morgan fingerprint density at radius 3 is 2.37 bits per heavy atom. The van der Waals surface area contributed by atoms with Gasteiger partial charge in [0.1, 0.15) is 12.1 Å². The molecule has 0 aliphatic heterocycles. The number of rotatable bonds is 9. The molecule has 2 heterocycles. The molecule has 2 aromatic heterocycles. The molecule has 0 spiro atoms. The van der Waals surface area contributed by atoms with E-state index in [0.29, 0.717) is 34.1 Å². The Bertz CT molecular complexity index is 1790. The predicted molar refractivity (Wildman–Crippen MR) is 172 cm³/mol. The van der Waals surface area contributed by atoms with Crippen molar-refractivity contribution >= 4 is 63.4 Å². The Kier molecular flexibility index (Phi) is 8.72. The van der Waals surface area contributed by atoms with E-state index in [1.807, 2.05) is 79.7 Å². The largest absolute Gasteiger partial charge is 0.465 e. The lowest BCUT2D eigenvalue weighted by molar-refractivity contribution is 0.102. The number of carboxylic acid groups (broad SMARTS) is 1. The van der Waals surface area contributed by atoms with Crippen LogP contribution in [0, 0.1) is 0 Å². The third kappa shape index (κ3) is 7.19. The first-order valence-corrected chi connectivity index (χ1v) is 14.4. The first-order chi connectivity index (χ1) is 20.7. The molecule has 4 N–H and O–H groups in total. The van der Waals surface area contributed by atoms with E-state index in [0.717, 1.165) is 26.6 Å². The second-order valence-corrected chi connectivity index (χ2v) is 11.4. The van der Waals surface area contributed by atoms with E-state index in [1.54, 1.807) is 18.2 Å².